The molecule has 0 fully saturated rings. The fourth-order valence-electron chi connectivity index (χ4n) is 1.86. The second-order valence-corrected chi connectivity index (χ2v) is 6.27. The molecule has 1 aromatic carbocycles. The number of benzene rings is 1. The molecule has 0 bridgehead atoms. The van der Waals surface area contributed by atoms with E-state index in [1.807, 2.05) is 6.92 Å². The summed E-state index contributed by atoms with van der Waals surface area (Å²) in [6.07, 6.45) is 0.746. The summed E-state index contributed by atoms with van der Waals surface area (Å²) in [7, 11) is -2.17. The summed E-state index contributed by atoms with van der Waals surface area (Å²) in [6, 6.07) is 4.72. The number of nitrogen functional groups attached to an aromatic ring is 1. The van der Waals surface area contributed by atoms with Crippen LogP contribution in [0.1, 0.15) is 12.5 Å². The Morgan fingerprint density at radius 1 is 1.35 bits per heavy atom. The Balaban J connectivity index is 3.08. The van der Waals surface area contributed by atoms with Crippen molar-refractivity contribution in [2.45, 2.75) is 18.2 Å². The molecule has 0 atom stereocenters. The van der Waals surface area contributed by atoms with Crippen molar-refractivity contribution in [1.29, 1.82) is 0 Å². The molecular formula is C13H22N2O4S. The summed E-state index contributed by atoms with van der Waals surface area (Å²) >= 11 is 0. The third-order valence-electron chi connectivity index (χ3n) is 3.03. The molecule has 0 spiro atoms. The lowest BCUT2D eigenvalue weighted by atomic mass is 10.1. The molecule has 0 amide bonds. The van der Waals surface area contributed by atoms with Crippen molar-refractivity contribution in [3.63, 3.8) is 0 Å². The molecule has 0 unspecified atom stereocenters. The van der Waals surface area contributed by atoms with Crippen LogP contribution in [-0.4, -0.2) is 51.2 Å². The number of ether oxygens (including phenoxy) is 1. The number of rotatable bonds is 8. The van der Waals surface area contributed by atoms with Gasteiger partial charge in [-0.1, -0.05) is 13.0 Å². The Labute approximate surface area is 120 Å². The highest BCUT2D eigenvalue weighted by Crippen LogP contribution is 2.21. The normalized spacial score (nSPS) is 12.0. The minimum absolute atomic E-state index is 0.0289. The molecule has 7 heteroatoms. The number of nitrogens with two attached hydrogens (primary N) is 1. The SMILES string of the molecule is CCc1ccc(S(=O)(=O)N(CCO)CCOC)cc1N. The molecule has 0 aliphatic rings. The van der Waals surface area contributed by atoms with Crippen LogP contribution in [0, 0.1) is 0 Å². The van der Waals surface area contributed by atoms with Gasteiger partial charge in [0.25, 0.3) is 0 Å². The Morgan fingerprint density at radius 3 is 2.55 bits per heavy atom. The summed E-state index contributed by atoms with van der Waals surface area (Å²) in [5, 5.41) is 9.01. The summed E-state index contributed by atoms with van der Waals surface area (Å²) in [6.45, 7) is 2.19. The molecule has 114 valence electrons. The molecule has 0 heterocycles. The van der Waals surface area contributed by atoms with Crippen LogP contribution in [0.5, 0.6) is 0 Å². The summed E-state index contributed by atoms with van der Waals surface area (Å²) in [5.41, 5.74) is 7.22. The van der Waals surface area contributed by atoms with Gasteiger partial charge in [-0.05, 0) is 24.1 Å². The number of hydrogen-bond donors (Lipinski definition) is 2. The third kappa shape index (κ3) is 3.92. The zero-order valence-electron chi connectivity index (χ0n) is 11.9. The fraction of sp³-hybridized carbons (Fsp3) is 0.538. The Morgan fingerprint density at radius 2 is 2.05 bits per heavy atom. The predicted molar refractivity (Wildman–Crippen MR) is 78.0 cm³/mol. The number of sulfonamides is 1. The van der Waals surface area contributed by atoms with Gasteiger partial charge in [-0.2, -0.15) is 4.31 Å². The highest BCUT2D eigenvalue weighted by molar-refractivity contribution is 7.89. The highest BCUT2D eigenvalue weighted by Gasteiger charge is 2.24. The van der Waals surface area contributed by atoms with Gasteiger partial charge in [-0.3, -0.25) is 0 Å². The van der Waals surface area contributed by atoms with Crippen LogP contribution < -0.4 is 5.73 Å². The fourth-order valence-corrected chi connectivity index (χ4v) is 3.31. The quantitative estimate of drug-likeness (QED) is 0.681. The van der Waals surface area contributed by atoms with E-state index in [4.69, 9.17) is 15.6 Å². The van der Waals surface area contributed by atoms with Crippen molar-refractivity contribution in [1.82, 2.24) is 4.31 Å². The smallest absolute Gasteiger partial charge is 0.243 e. The van der Waals surface area contributed by atoms with Gasteiger partial charge in [0.15, 0.2) is 0 Å². The van der Waals surface area contributed by atoms with E-state index in [1.165, 1.54) is 17.5 Å². The molecule has 1 aromatic rings. The first kappa shape index (κ1) is 16.9. The lowest BCUT2D eigenvalue weighted by molar-refractivity contribution is 0.168. The van der Waals surface area contributed by atoms with Gasteiger partial charge in [0.05, 0.1) is 18.1 Å². The number of aliphatic hydroxyl groups is 1. The minimum atomic E-state index is -3.67. The molecule has 1 rings (SSSR count). The van der Waals surface area contributed by atoms with Gasteiger partial charge in [-0.25, -0.2) is 8.42 Å². The maximum atomic E-state index is 12.5. The molecule has 0 saturated heterocycles. The molecular weight excluding hydrogens is 280 g/mol. The van der Waals surface area contributed by atoms with Gasteiger partial charge < -0.3 is 15.6 Å². The maximum Gasteiger partial charge on any atom is 0.243 e. The van der Waals surface area contributed by atoms with Crippen LogP contribution in [0.15, 0.2) is 23.1 Å². The minimum Gasteiger partial charge on any atom is -0.398 e. The lowest BCUT2D eigenvalue weighted by Gasteiger charge is -2.21. The monoisotopic (exact) mass is 302 g/mol. The number of hydrogen-bond acceptors (Lipinski definition) is 5. The molecule has 0 aliphatic carbocycles. The largest absolute Gasteiger partial charge is 0.398 e. The van der Waals surface area contributed by atoms with E-state index in [1.54, 1.807) is 12.1 Å². The Kier molecular flexibility index (Phi) is 6.41. The van der Waals surface area contributed by atoms with Crippen molar-refractivity contribution >= 4 is 15.7 Å². The molecule has 6 nitrogen and oxygen atoms in total. The average molecular weight is 302 g/mol. The first-order valence-corrected chi connectivity index (χ1v) is 7.89. The van der Waals surface area contributed by atoms with Crippen LogP contribution in [0.3, 0.4) is 0 Å². The van der Waals surface area contributed by atoms with E-state index in [0.29, 0.717) is 5.69 Å². The van der Waals surface area contributed by atoms with Crippen LogP contribution in [0.25, 0.3) is 0 Å². The first-order chi connectivity index (χ1) is 9.47. The van der Waals surface area contributed by atoms with Crippen LogP contribution in [0.4, 0.5) is 5.69 Å². The number of nitrogens with zero attached hydrogens (tertiary/aromatic N) is 1. The molecule has 0 aromatic heterocycles. The van der Waals surface area contributed by atoms with Gasteiger partial charge in [-0.15, -0.1) is 0 Å². The Bertz CT molecular complexity index is 531. The molecule has 0 aliphatic heterocycles. The summed E-state index contributed by atoms with van der Waals surface area (Å²) in [5.74, 6) is 0. The molecule has 20 heavy (non-hydrogen) atoms. The topological polar surface area (TPSA) is 92.9 Å². The molecule has 0 saturated carbocycles. The Hall–Kier alpha value is -1.15. The predicted octanol–water partition coefficient (Wildman–Crippen LogP) is 0.461. The van der Waals surface area contributed by atoms with Gasteiger partial charge in [0.2, 0.25) is 10.0 Å². The second-order valence-electron chi connectivity index (χ2n) is 4.33. The van der Waals surface area contributed by atoms with Crippen molar-refractivity contribution < 1.29 is 18.3 Å². The van der Waals surface area contributed by atoms with E-state index < -0.39 is 10.0 Å². The first-order valence-electron chi connectivity index (χ1n) is 6.45. The van der Waals surface area contributed by atoms with E-state index in [9.17, 15) is 8.42 Å². The van der Waals surface area contributed by atoms with Gasteiger partial charge in [0.1, 0.15) is 0 Å². The number of aryl methyl sites for hydroxylation is 1. The van der Waals surface area contributed by atoms with Crippen molar-refractivity contribution in [3.8, 4) is 0 Å². The van der Waals surface area contributed by atoms with Gasteiger partial charge >= 0.3 is 0 Å². The summed E-state index contributed by atoms with van der Waals surface area (Å²) in [4.78, 5) is 0.136. The third-order valence-corrected chi connectivity index (χ3v) is 4.92. The van der Waals surface area contributed by atoms with Crippen LogP contribution in [0.2, 0.25) is 0 Å². The highest BCUT2D eigenvalue weighted by atomic mass is 32.2. The van der Waals surface area contributed by atoms with E-state index in [0.717, 1.165) is 12.0 Å². The zero-order chi connectivity index (χ0) is 15.2. The van der Waals surface area contributed by atoms with E-state index in [2.05, 4.69) is 0 Å². The van der Waals surface area contributed by atoms with Crippen LogP contribution >= 0.6 is 0 Å². The van der Waals surface area contributed by atoms with Crippen LogP contribution in [-0.2, 0) is 21.2 Å². The number of methoxy groups -OCH3 is 1. The van der Waals surface area contributed by atoms with E-state index >= 15 is 0 Å². The van der Waals surface area contributed by atoms with Crippen molar-refractivity contribution in [3.05, 3.63) is 23.8 Å². The van der Waals surface area contributed by atoms with Crippen molar-refractivity contribution in [2.75, 3.05) is 39.1 Å². The van der Waals surface area contributed by atoms with Crippen molar-refractivity contribution in [2.24, 2.45) is 0 Å². The standard InChI is InChI=1S/C13H22N2O4S/c1-3-11-4-5-12(10-13(11)14)20(17,18)15(6-8-16)7-9-19-2/h4-5,10,16H,3,6-9,14H2,1-2H3. The zero-order valence-corrected chi connectivity index (χ0v) is 12.7. The number of anilines is 1. The summed E-state index contributed by atoms with van der Waals surface area (Å²) < 4.78 is 31.1. The average Bonchev–Trinajstić information content (AvgIpc) is 2.43. The van der Waals surface area contributed by atoms with E-state index in [-0.39, 0.29) is 31.2 Å². The molecule has 0 radical (unpaired) electrons. The number of aliphatic hydroxyl groups excluding tert-OH is 1. The molecule has 3 N–H and O–H groups in total. The lowest BCUT2D eigenvalue weighted by Crippen LogP contribution is -2.36. The van der Waals surface area contributed by atoms with Gasteiger partial charge in [0, 0.05) is 25.9 Å². The maximum absolute atomic E-state index is 12.5. The second kappa shape index (κ2) is 7.58.